The predicted molar refractivity (Wildman–Crippen MR) is 81.7 cm³/mol. The Balaban J connectivity index is 1.85. The summed E-state index contributed by atoms with van der Waals surface area (Å²) in [7, 11) is 0. The lowest BCUT2D eigenvalue weighted by atomic mass is 10.0. The molecule has 2 aliphatic rings. The highest BCUT2D eigenvalue weighted by Crippen LogP contribution is 2.23. The van der Waals surface area contributed by atoms with Gasteiger partial charge in [0.15, 0.2) is 0 Å². The molecule has 0 aromatic heterocycles. The van der Waals surface area contributed by atoms with Gasteiger partial charge in [-0.2, -0.15) is 0 Å². The van der Waals surface area contributed by atoms with Crippen LogP contribution in [0.4, 0.5) is 4.79 Å². The van der Waals surface area contributed by atoms with Crippen LogP contribution in [0.3, 0.4) is 0 Å². The van der Waals surface area contributed by atoms with Crippen LogP contribution in [-0.4, -0.2) is 47.2 Å². The van der Waals surface area contributed by atoms with E-state index >= 15 is 0 Å². The molecule has 2 rings (SSSR count). The van der Waals surface area contributed by atoms with Crippen molar-refractivity contribution in [2.24, 2.45) is 10.9 Å². The Hall–Kier alpha value is -1.39. The van der Waals surface area contributed by atoms with Gasteiger partial charge < -0.3 is 9.64 Å². The number of likely N-dealkylation sites (tertiary alicyclic amines) is 1. The molecule has 0 aromatic carbocycles. The molecule has 1 saturated heterocycles. The van der Waals surface area contributed by atoms with E-state index in [4.69, 9.17) is 9.73 Å². The van der Waals surface area contributed by atoms with Crippen LogP contribution >= 0.6 is 0 Å². The zero-order chi connectivity index (χ0) is 15.6. The smallest absolute Gasteiger partial charge is 0.410 e. The van der Waals surface area contributed by atoms with E-state index in [1.54, 1.807) is 4.90 Å². The van der Waals surface area contributed by atoms with E-state index in [-0.39, 0.29) is 18.1 Å². The van der Waals surface area contributed by atoms with Crippen molar-refractivity contribution in [3.05, 3.63) is 0 Å². The quantitative estimate of drug-likeness (QED) is 0.747. The molecule has 2 fully saturated rings. The molecule has 1 aliphatic carbocycles. The number of aliphatic imine (C=N–C) groups is 1. The number of Topliss-reactive ketones (excluding diaryl/α,β-unsaturated/α-hetero) is 1. The van der Waals surface area contributed by atoms with Crippen LogP contribution in [0.15, 0.2) is 4.99 Å². The van der Waals surface area contributed by atoms with Crippen molar-refractivity contribution < 1.29 is 14.3 Å². The Labute approximate surface area is 126 Å². The molecule has 1 heterocycles. The maximum Gasteiger partial charge on any atom is 0.410 e. The molecule has 1 amide bonds. The first-order valence-electron chi connectivity index (χ1n) is 7.83. The van der Waals surface area contributed by atoms with Gasteiger partial charge in [-0.05, 0) is 40.0 Å². The van der Waals surface area contributed by atoms with E-state index in [1.165, 1.54) is 0 Å². The van der Waals surface area contributed by atoms with Crippen molar-refractivity contribution in [3.8, 4) is 0 Å². The summed E-state index contributed by atoms with van der Waals surface area (Å²) in [6, 6.07) is 0.243. The van der Waals surface area contributed by atoms with Crippen LogP contribution in [-0.2, 0) is 9.53 Å². The number of ketones is 1. The first-order valence-corrected chi connectivity index (χ1v) is 7.83. The van der Waals surface area contributed by atoms with E-state index in [9.17, 15) is 9.59 Å². The molecule has 1 unspecified atom stereocenters. The topological polar surface area (TPSA) is 59.0 Å². The van der Waals surface area contributed by atoms with Crippen LogP contribution in [0.2, 0.25) is 0 Å². The van der Waals surface area contributed by atoms with Gasteiger partial charge in [-0.15, -0.1) is 0 Å². The number of hydrogen-bond acceptors (Lipinski definition) is 4. The van der Waals surface area contributed by atoms with Crippen LogP contribution in [0, 0.1) is 5.92 Å². The Bertz CT molecular complexity index is 443. The standard InChI is InChI=1S/C16H26N2O3/c1-11-13(5-6-14(11)19)17-12-7-9-18(10-8-12)15(20)21-16(2,3)4/h11-12H,5-10H2,1-4H3. The van der Waals surface area contributed by atoms with E-state index in [0.717, 1.165) is 25.0 Å². The zero-order valence-electron chi connectivity index (χ0n) is 13.5. The van der Waals surface area contributed by atoms with E-state index < -0.39 is 5.60 Å². The van der Waals surface area contributed by atoms with Gasteiger partial charge in [-0.25, -0.2) is 4.79 Å². The number of ether oxygens (including phenoxy) is 1. The molecule has 1 saturated carbocycles. The molecule has 0 aromatic rings. The third-order valence-electron chi connectivity index (χ3n) is 4.07. The summed E-state index contributed by atoms with van der Waals surface area (Å²) in [5.41, 5.74) is 0.601. The number of carbonyl (C=O) groups excluding carboxylic acids is 2. The number of hydrogen-bond donors (Lipinski definition) is 0. The lowest BCUT2D eigenvalue weighted by Gasteiger charge is -2.32. The van der Waals surface area contributed by atoms with Gasteiger partial charge >= 0.3 is 6.09 Å². The third kappa shape index (κ3) is 4.29. The molecule has 5 nitrogen and oxygen atoms in total. The maximum atomic E-state index is 12.0. The highest BCUT2D eigenvalue weighted by atomic mass is 16.6. The molecular weight excluding hydrogens is 268 g/mol. The molecule has 5 heteroatoms. The van der Waals surface area contributed by atoms with Crippen LogP contribution in [0.1, 0.15) is 53.4 Å². The minimum absolute atomic E-state index is 0.00566. The molecule has 0 N–H and O–H groups in total. The molecule has 0 spiro atoms. The maximum absolute atomic E-state index is 12.0. The number of nitrogens with zero attached hydrogens (tertiary/aromatic N) is 2. The summed E-state index contributed by atoms with van der Waals surface area (Å²) in [6.45, 7) is 8.94. The van der Waals surface area contributed by atoms with Crippen LogP contribution in [0.25, 0.3) is 0 Å². The Morgan fingerprint density at radius 2 is 1.86 bits per heavy atom. The van der Waals surface area contributed by atoms with E-state index in [2.05, 4.69) is 0 Å². The number of piperidine rings is 1. The van der Waals surface area contributed by atoms with Crippen molar-refractivity contribution >= 4 is 17.6 Å². The predicted octanol–water partition coefficient (Wildman–Crippen LogP) is 2.83. The molecule has 118 valence electrons. The van der Waals surface area contributed by atoms with Crippen LogP contribution in [0.5, 0.6) is 0 Å². The molecule has 21 heavy (non-hydrogen) atoms. The van der Waals surface area contributed by atoms with Crippen molar-refractivity contribution in [3.63, 3.8) is 0 Å². The van der Waals surface area contributed by atoms with Gasteiger partial charge in [0.2, 0.25) is 0 Å². The summed E-state index contributed by atoms with van der Waals surface area (Å²) in [4.78, 5) is 30.0. The second kappa shape index (κ2) is 6.16. The first-order chi connectivity index (χ1) is 9.76. The summed E-state index contributed by atoms with van der Waals surface area (Å²) < 4.78 is 5.38. The minimum Gasteiger partial charge on any atom is -0.444 e. The lowest BCUT2D eigenvalue weighted by Crippen LogP contribution is -2.42. The van der Waals surface area contributed by atoms with Gasteiger partial charge in [-0.3, -0.25) is 9.79 Å². The van der Waals surface area contributed by atoms with Crippen molar-refractivity contribution in [2.75, 3.05) is 13.1 Å². The van der Waals surface area contributed by atoms with Gasteiger partial charge in [0.1, 0.15) is 11.4 Å². The normalized spacial score (nSPS) is 26.5. The highest BCUT2D eigenvalue weighted by molar-refractivity contribution is 6.10. The summed E-state index contributed by atoms with van der Waals surface area (Å²) in [5, 5.41) is 0. The summed E-state index contributed by atoms with van der Waals surface area (Å²) >= 11 is 0. The molecule has 1 aliphatic heterocycles. The minimum atomic E-state index is -0.451. The fourth-order valence-corrected chi connectivity index (χ4v) is 2.78. The van der Waals surface area contributed by atoms with Crippen molar-refractivity contribution in [1.82, 2.24) is 4.90 Å². The van der Waals surface area contributed by atoms with Gasteiger partial charge in [-0.1, -0.05) is 6.92 Å². The Morgan fingerprint density at radius 3 is 2.33 bits per heavy atom. The fourth-order valence-electron chi connectivity index (χ4n) is 2.78. The molecular formula is C16H26N2O3. The number of carbonyl (C=O) groups is 2. The second-order valence-electron chi connectivity index (χ2n) is 7.01. The lowest BCUT2D eigenvalue weighted by molar-refractivity contribution is -0.119. The van der Waals surface area contributed by atoms with Crippen LogP contribution < -0.4 is 0 Å². The largest absolute Gasteiger partial charge is 0.444 e. The number of amides is 1. The first kappa shape index (κ1) is 16.0. The van der Waals surface area contributed by atoms with E-state index in [0.29, 0.717) is 25.3 Å². The third-order valence-corrected chi connectivity index (χ3v) is 4.07. The van der Waals surface area contributed by atoms with Crippen molar-refractivity contribution in [1.29, 1.82) is 0 Å². The van der Waals surface area contributed by atoms with E-state index in [1.807, 2.05) is 27.7 Å². The SMILES string of the molecule is CC1C(=O)CCC1=NC1CCN(C(=O)OC(C)(C)C)CC1. The zero-order valence-corrected chi connectivity index (χ0v) is 13.5. The fraction of sp³-hybridized carbons (Fsp3) is 0.812. The number of rotatable bonds is 1. The van der Waals surface area contributed by atoms with Gasteiger partial charge in [0.25, 0.3) is 0 Å². The average Bonchev–Trinajstić information content (AvgIpc) is 2.69. The summed E-state index contributed by atoms with van der Waals surface area (Å²) in [5.74, 6) is 0.300. The Morgan fingerprint density at radius 1 is 1.24 bits per heavy atom. The van der Waals surface area contributed by atoms with Crippen molar-refractivity contribution in [2.45, 2.75) is 65.0 Å². The molecule has 1 atom stereocenters. The summed E-state index contributed by atoms with van der Waals surface area (Å²) in [6.07, 6.45) is 2.91. The average molecular weight is 294 g/mol. The molecule has 0 radical (unpaired) electrons. The molecule has 0 bridgehead atoms. The highest BCUT2D eigenvalue weighted by Gasteiger charge is 2.30. The Kier molecular flexibility index (Phi) is 4.69. The second-order valence-corrected chi connectivity index (χ2v) is 7.01. The monoisotopic (exact) mass is 294 g/mol. The van der Waals surface area contributed by atoms with Gasteiger partial charge in [0, 0.05) is 25.2 Å². The van der Waals surface area contributed by atoms with Gasteiger partial charge in [0.05, 0.1) is 12.0 Å².